The number of fused-ring (bicyclic) bond motifs is 3. The quantitative estimate of drug-likeness (QED) is 0.232. The van der Waals surface area contributed by atoms with Crippen molar-refractivity contribution in [3.8, 4) is 11.1 Å². The van der Waals surface area contributed by atoms with Gasteiger partial charge in [-0.25, -0.2) is 0 Å². The van der Waals surface area contributed by atoms with Crippen LogP contribution in [0.2, 0.25) is 0 Å². The smallest absolute Gasteiger partial charge is 0.0893 e. The summed E-state index contributed by atoms with van der Waals surface area (Å²) in [4.78, 5) is 9.39. The minimum atomic E-state index is -0.0977. The highest BCUT2D eigenvalue weighted by atomic mass is 15.0. The molecule has 1 N–H and O–H groups in total. The number of dihydropyridines is 1. The minimum absolute atomic E-state index is 0.0977. The van der Waals surface area contributed by atoms with Crippen LogP contribution in [0.1, 0.15) is 40.2 Å². The van der Waals surface area contributed by atoms with Gasteiger partial charge in [-0.05, 0) is 83.3 Å². The first-order chi connectivity index (χ1) is 21.3. The van der Waals surface area contributed by atoms with E-state index in [9.17, 15) is 0 Å². The van der Waals surface area contributed by atoms with Crippen molar-refractivity contribution in [3.63, 3.8) is 0 Å². The van der Waals surface area contributed by atoms with Crippen LogP contribution in [0.5, 0.6) is 0 Å². The van der Waals surface area contributed by atoms with Crippen LogP contribution in [-0.4, -0.2) is 14.5 Å². The van der Waals surface area contributed by atoms with Crippen molar-refractivity contribution >= 4 is 28.4 Å². The molecule has 0 saturated carbocycles. The Morgan fingerprint density at radius 3 is 2.26 bits per heavy atom. The van der Waals surface area contributed by atoms with Gasteiger partial charge < -0.3 is 9.88 Å². The highest BCUT2D eigenvalue weighted by Crippen LogP contribution is 2.41. The lowest BCUT2D eigenvalue weighted by molar-refractivity contribution is 0.731. The first-order valence-corrected chi connectivity index (χ1v) is 14.8. The summed E-state index contributed by atoms with van der Waals surface area (Å²) in [7, 11) is 0. The van der Waals surface area contributed by atoms with Crippen LogP contribution in [0.3, 0.4) is 0 Å². The molecule has 2 aliphatic rings. The van der Waals surface area contributed by atoms with Crippen molar-refractivity contribution < 1.29 is 0 Å². The summed E-state index contributed by atoms with van der Waals surface area (Å²) in [5, 5.41) is 4.99. The second-order valence-corrected chi connectivity index (χ2v) is 11.1. The maximum Gasteiger partial charge on any atom is 0.0893 e. The summed E-state index contributed by atoms with van der Waals surface area (Å²) in [5.74, 6) is 0.330. The van der Waals surface area contributed by atoms with Gasteiger partial charge in [-0.15, -0.1) is 0 Å². The van der Waals surface area contributed by atoms with Gasteiger partial charge >= 0.3 is 0 Å². The Kier molecular flexibility index (Phi) is 6.30. The van der Waals surface area contributed by atoms with Crippen molar-refractivity contribution in [1.82, 2.24) is 19.9 Å². The molecule has 43 heavy (non-hydrogen) atoms. The van der Waals surface area contributed by atoms with E-state index in [4.69, 9.17) is 4.98 Å². The first-order valence-electron chi connectivity index (χ1n) is 14.8. The molecule has 2 unspecified atom stereocenters. The fourth-order valence-corrected chi connectivity index (χ4v) is 6.42. The third-order valence-electron chi connectivity index (χ3n) is 8.50. The fourth-order valence-electron chi connectivity index (χ4n) is 6.42. The van der Waals surface area contributed by atoms with Gasteiger partial charge in [0.15, 0.2) is 0 Å². The fraction of sp³-hybridized carbons (Fsp3) is 0.0769. The Morgan fingerprint density at radius 1 is 0.721 bits per heavy atom. The van der Waals surface area contributed by atoms with Crippen LogP contribution in [0, 0.1) is 0 Å². The number of hydrogen-bond donors (Lipinski definition) is 1. The summed E-state index contributed by atoms with van der Waals surface area (Å²) >= 11 is 0. The van der Waals surface area contributed by atoms with E-state index >= 15 is 0 Å². The van der Waals surface area contributed by atoms with Gasteiger partial charge in [-0.1, -0.05) is 84.9 Å². The topological polar surface area (TPSA) is 42.7 Å². The molecule has 2 atom stereocenters. The summed E-state index contributed by atoms with van der Waals surface area (Å²) < 4.78 is 2.43. The summed E-state index contributed by atoms with van der Waals surface area (Å²) in [5.41, 5.74) is 11.6. The van der Waals surface area contributed by atoms with Crippen molar-refractivity contribution in [1.29, 1.82) is 0 Å². The molecule has 6 aromatic rings. The van der Waals surface area contributed by atoms with Crippen molar-refractivity contribution in [2.45, 2.75) is 18.4 Å². The molecule has 0 spiro atoms. The zero-order valence-electron chi connectivity index (χ0n) is 23.6. The normalized spacial score (nSPS) is 17.6. The number of nitrogens with zero attached hydrogens (tertiary/aromatic N) is 3. The molecule has 4 nitrogen and oxygen atoms in total. The zero-order chi connectivity index (χ0) is 28.6. The molecule has 4 heterocycles. The SMILES string of the molecule is C1=CC(c2ccccc2)Cc2c1n(C1=CC(c3ccccn3)NC(c3ccccn3)=C1)c1ccc(-c3ccccc3)cc21. The van der Waals surface area contributed by atoms with Crippen LogP contribution in [0.4, 0.5) is 0 Å². The monoisotopic (exact) mass is 554 g/mol. The predicted molar refractivity (Wildman–Crippen MR) is 176 cm³/mol. The molecule has 3 aromatic carbocycles. The summed E-state index contributed by atoms with van der Waals surface area (Å²) in [6.07, 6.45) is 13.9. The average molecular weight is 555 g/mol. The van der Waals surface area contributed by atoms with Crippen molar-refractivity contribution in [2.75, 3.05) is 0 Å². The van der Waals surface area contributed by atoms with Crippen LogP contribution >= 0.6 is 0 Å². The Balaban J connectivity index is 1.34. The maximum absolute atomic E-state index is 4.71. The molecule has 8 rings (SSSR count). The van der Waals surface area contributed by atoms with Gasteiger partial charge in [0.25, 0.3) is 0 Å². The van der Waals surface area contributed by atoms with Gasteiger partial charge in [0.2, 0.25) is 0 Å². The highest BCUT2D eigenvalue weighted by molar-refractivity contribution is 5.97. The highest BCUT2D eigenvalue weighted by Gasteiger charge is 2.27. The number of aromatic nitrogens is 3. The molecule has 3 aromatic heterocycles. The number of allylic oxidation sites excluding steroid dienone is 3. The lowest BCUT2D eigenvalue weighted by Gasteiger charge is -2.26. The van der Waals surface area contributed by atoms with Crippen LogP contribution in [0.25, 0.3) is 39.5 Å². The van der Waals surface area contributed by atoms with E-state index in [0.717, 1.165) is 29.2 Å². The molecule has 0 radical (unpaired) electrons. The van der Waals surface area contributed by atoms with Gasteiger partial charge in [0.1, 0.15) is 0 Å². The number of hydrogen-bond acceptors (Lipinski definition) is 3. The molecule has 0 amide bonds. The first kappa shape index (κ1) is 25.2. The average Bonchev–Trinajstić information content (AvgIpc) is 3.42. The molecule has 0 saturated heterocycles. The molecule has 1 aliphatic heterocycles. The van der Waals surface area contributed by atoms with E-state index in [1.807, 2.05) is 36.7 Å². The van der Waals surface area contributed by atoms with Gasteiger partial charge in [-0.3, -0.25) is 9.97 Å². The van der Waals surface area contributed by atoms with E-state index in [-0.39, 0.29) is 6.04 Å². The van der Waals surface area contributed by atoms with Crippen LogP contribution in [0.15, 0.2) is 146 Å². The number of pyridine rings is 2. The molecule has 0 fully saturated rings. The second-order valence-electron chi connectivity index (χ2n) is 11.1. The van der Waals surface area contributed by atoms with Gasteiger partial charge in [0, 0.05) is 35.1 Å². The third kappa shape index (κ3) is 4.67. The lowest BCUT2D eigenvalue weighted by Crippen LogP contribution is -2.24. The Morgan fingerprint density at radius 2 is 1.49 bits per heavy atom. The van der Waals surface area contributed by atoms with Gasteiger partial charge in [-0.2, -0.15) is 0 Å². The molecule has 0 bridgehead atoms. The lowest BCUT2D eigenvalue weighted by atomic mass is 9.86. The Bertz CT molecular complexity index is 2000. The number of nitrogens with one attached hydrogen (secondary N) is 1. The number of benzene rings is 3. The van der Waals surface area contributed by atoms with Crippen molar-refractivity contribution in [2.24, 2.45) is 0 Å². The predicted octanol–water partition coefficient (Wildman–Crippen LogP) is 8.68. The second kappa shape index (κ2) is 10.7. The molecule has 4 heteroatoms. The largest absolute Gasteiger partial charge is 0.371 e. The summed E-state index contributed by atoms with van der Waals surface area (Å²) in [6.45, 7) is 0. The summed E-state index contributed by atoms with van der Waals surface area (Å²) in [6, 6.07) is 40.4. The van der Waals surface area contributed by atoms with Gasteiger partial charge in [0.05, 0.1) is 28.6 Å². The van der Waals surface area contributed by atoms with E-state index in [0.29, 0.717) is 5.92 Å². The molecule has 206 valence electrons. The minimum Gasteiger partial charge on any atom is -0.371 e. The molecular formula is C39H30N4. The van der Waals surface area contributed by atoms with Crippen LogP contribution < -0.4 is 5.32 Å². The van der Waals surface area contributed by atoms with E-state index in [1.165, 1.54) is 38.9 Å². The van der Waals surface area contributed by atoms with E-state index < -0.39 is 0 Å². The number of rotatable bonds is 5. The standard InChI is InChI=1S/C39H30N4/c1-3-11-27(12-4-1)29-17-19-38-32(23-29)33-24-30(28-13-5-2-6-14-28)18-20-39(33)43(38)31-25-36(34-15-7-9-21-40-34)42-37(26-31)35-16-8-10-22-41-35/h1-23,25-26,30,36,42H,24H2. The van der Waals surface area contributed by atoms with Crippen molar-refractivity contribution in [3.05, 3.63) is 174 Å². The van der Waals surface area contributed by atoms with Crippen LogP contribution in [-0.2, 0) is 6.42 Å². The molecular weight excluding hydrogens is 524 g/mol. The molecule has 1 aliphatic carbocycles. The van der Waals surface area contributed by atoms with E-state index in [1.54, 1.807) is 0 Å². The Labute approximate surface area is 251 Å². The maximum atomic E-state index is 4.71. The Hall–Kier alpha value is -5.48. The zero-order valence-corrected chi connectivity index (χ0v) is 23.6. The third-order valence-corrected chi connectivity index (χ3v) is 8.50. The van der Waals surface area contributed by atoms with E-state index in [2.05, 4.69) is 130 Å².